The molecule has 3 aliphatic heterocycles. The molecule has 3 heterocycles. The first-order valence-corrected chi connectivity index (χ1v) is 12.1. The number of nitrogens with zero attached hydrogens (tertiary/aromatic N) is 2. The summed E-state index contributed by atoms with van der Waals surface area (Å²) in [6.07, 6.45) is 9.79. The standard InChI is InChI=1S/C27H34FN3O4/c1-18(2)24(17-32)31-10-8-20(27(33)30-11-14-34-15-12-30)16-23(19(31)3)29-22-9-13-35-25-7-5-4-6-21(28)26(22)25/h4-5,7-8,16,22,29,32H,3,6,9-15,17H2,1-2H3. The second-order valence-corrected chi connectivity index (χ2v) is 9.10. The van der Waals surface area contributed by atoms with Crippen molar-refractivity contribution in [2.45, 2.75) is 32.7 Å². The van der Waals surface area contributed by atoms with Crippen LogP contribution in [0.4, 0.5) is 4.39 Å². The van der Waals surface area contributed by atoms with Crippen LogP contribution in [-0.2, 0) is 14.3 Å². The normalized spacial score (nSPS) is 22.8. The molecule has 0 bridgehead atoms. The fraction of sp³-hybridized carbons (Fsp3) is 0.444. The van der Waals surface area contributed by atoms with Gasteiger partial charge >= 0.3 is 0 Å². The highest BCUT2D eigenvalue weighted by molar-refractivity contribution is 5.96. The number of aliphatic hydroxyl groups excluding tert-OH is 1. The molecule has 1 unspecified atom stereocenters. The average Bonchev–Trinajstić information content (AvgIpc) is 3.14. The lowest BCUT2D eigenvalue weighted by Gasteiger charge is -2.34. The van der Waals surface area contributed by atoms with E-state index in [0.29, 0.717) is 74.2 Å². The van der Waals surface area contributed by atoms with Crippen molar-refractivity contribution in [3.63, 3.8) is 0 Å². The first-order chi connectivity index (χ1) is 16.9. The summed E-state index contributed by atoms with van der Waals surface area (Å²) in [5.74, 6) is 0.207. The first kappa shape index (κ1) is 25.0. The van der Waals surface area contributed by atoms with Gasteiger partial charge in [0, 0.05) is 49.3 Å². The van der Waals surface area contributed by atoms with Crippen LogP contribution in [0.1, 0.15) is 26.7 Å². The summed E-state index contributed by atoms with van der Waals surface area (Å²) >= 11 is 0. The van der Waals surface area contributed by atoms with E-state index in [2.05, 4.69) is 11.9 Å². The minimum absolute atomic E-state index is 0.0818. The lowest BCUT2D eigenvalue weighted by molar-refractivity contribution is -0.130. The number of fused-ring (bicyclic) bond motifs is 1. The van der Waals surface area contributed by atoms with E-state index in [-0.39, 0.29) is 30.8 Å². The summed E-state index contributed by atoms with van der Waals surface area (Å²) in [4.78, 5) is 17.1. The van der Waals surface area contributed by atoms with E-state index in [4.69, 9.17) is 9.47 Å². The summed E-state index contributed by atoms with van der Waals surface area (Å²) in [5, 5.41) is 13.6. The van der Waals surface area contributed by atoms with Gasteiger partial charge in [-0.05, 0) is 26.0 Å². The Hall–Kier alpha value is -3.10. The molecule has 0 spiro atoms. The molecule has 2 saturated heterocycles. The maximum atomic E-state index is 15.1. The number of rotatable bonds is 5. The first-order valence-electron chi connectivity index (χ1n) is 12.1. The van der Waals surface area contributed by atoms with Gasteiger partial charge in [-0.2, -0.15) is 0 Å². The summed E-state index contributed by atoms with van der Waals surface area (Å²) in [5.41, 5.74) is 3.93. The molecular weight excluding hydrogens is 449 g/mol. The van der Waals surface area contributed by atoms with E-state index in [1.165, 1.54) is 0 Å². The van der Waals surface area contributed by atoms with Crippen LogP contribution in [-0.4, -0.2) is 72.9 Å². The fourth-order valence-electron chi connectivity index (χ4n) is 4.66. The van der Waals surface area contributed by atoms with Crippen LogP contribution in [0.2, 0.25) is 0 Å². The number of aliphatic hydroxyl groups is 1. The van der Waals surface area contributed by atoms with Crippen molar-refractivity contribution in [3.05, 3.63) is 82.4 Å². The van der Waals surface area contributed by atoms with Gasteiger partial charge in [-0.25, -0.2) is 4.39 Å². The topological polar surface area (TPSA) is 74.3 Å². The van der Waals surface area contributed by atoms with Crippen molar-refractivity contribution < 1.29 is 23.8 Å². The molecule has 4 rings (SSSR count). The third-order valence-electron chi connectivity index (χ3n) is 6.61. The Bertz CT molecular complexity index is 1060. The summed E-state index contributed by atoms with van der Waals surface area (Å²) in [6.45, 7) is 10.9. The summed E-state index contributed by atoms with van der Waals surface area (Å²) in [6, 6.07) is -0.345. The van der Waals surface area contributed by atoms with Crippen LogP contribution >= 0.6 is 0 Å². The molecule has 0 saturated carbocycles. The monoisotopic (exact) mass is 483 g/mol. The average molecular weight is 484 g/mol. The Morgan fingerprint density at radius 1 is 1.29 bits per heavy atom. The van der Waals surface area contributed by atoms with Gasteiger partial charge in [0.1, 0.15) is 11.6 Å². The van der Waals surface area contributed by atoms with Crippen LogP contribution in [0.3, 0.4) is 0 Å². The second kappa shape index (κ2) is 11.1. The van der Waals surface area contributed by atoms with Gasteiger partial charge in [0.25, 0.3) is 5.91 Å². The molecule has 2 N–H and O–H groups in total. The molecule has 8 heteroatoms. The Kier molecular flexibility index (Phi) is 7.93. The Morgan fingerprint density at radius 2 is 2.06 bits per heavy atom. The number of nitrogens with one attached hydrogen (secondary N) is 1. The number of hydrogen-bond acceptors (Lipinski definition) is 6. The van der Waals surface area contributed by atoms with Crippen molar-refractivity contribution in [1.29, 1.82) is 0 Å². The van der Waals surface area contributed by atoms with E-state index in [1.54, 1.807) is 29.2 Å². The number of halogens is 1. The number of morpholine rings is 1. The second-order valence-electron chi connectivity index (χ2n) is 9.10. The predicted octanol–water partition coefficient (Wildman–Crippen LogP) is 3.22. The molecule has 1 amide bonds. The number of ether oxygens (including phenoxy) is 2. The van der Waals surface area contributed by atoms with Crippen molar-refractivity contribution in [2.75, 3.05) is 46.1 Å². The number of hydrogen-bond donors (Lipinski definition) is 2. The zero-order valence-electron chi connectivity index (χ0n) is 20.5. The van der Waals surface area contributed by atoms with Gasteiger partial charge in [-0.15, -0.1) is 0 Å². The molecule has 0 aromatic rings. The molecular formula is C27H34FN3O4. The van der Waals surface area contributed by atoms with Crippen LogP contribution in [0.15, 0.2) is 82.4 Å². The number of carbonyl (C=O) groups is 1. The number of allylic oxidation sites excluding steroid dienone is 5. The highest BCUT2D eigenvalue weighted by Crippen LogP contribution is 2.33. The van der Waals surface area contributed by atoms with Crippen LogP contribution in [0, 0.1) is 0 Å². The van der Waals surface area contributed by atoms with E-state index in [9.17, 15) is 9.90 Å². The van der Waals surface area contributed by atoms with Gasteiger partial charge in [0.2, 0.25) is 0 Å². The zero-order chi connectivity index (χ0) is 24.9. The molecule has 1 atom stereocenters. The summed E-state index contributed by atoms with van der Waals surface area (Å²) in [7, 11) is 0. The Labute approximate surface area is 206 Å². The molecule has 2 fully saturated rings. The molecule has 4 aliphatic rings. The minimum Gasteiger partial charge on any atom is -0.493 e. The maximum absolute atomic E-state index is 15.1. The molecule has 0 radical (unpaired) electrons. The third kappa shape index (κ3) is 5.44. The largest absolute Gasteiger partial charge is 0.493 e. The molecule has 1 aliphatic carbocycles. The molecule has 35 heavy (non-hydrogen) atoms. The van der Waals surface area contributed by atoms with Gasteiger partial charge in [0.05, 0.1) is 43.9 Å². The smallest absolute Gasteiger partial charge is 0.253 e. The van der Waals surface area contributed by atoms with E-state index < -0.39 is 0 Å². The van der Waals surface area contributed by atoms with Crippen molar-refractivity contribution in [3.8, 4) is 0 Å². The molecule has 7 nitrogen and oxygen atoms in total. The van der Waals surface area contributed by atoms with Gasteiger partial charge in [-0.3, -0.25) is 4.79 Å². The Balaban J connectivity index is 1.70. The van der Waals surface area contributed by atoms with Gasteiger partial charge < -0.3 is 29.7 Å². The zero-order valence-corrected chi connectivity index (χ0v) is 20.5. The molecule has 0 aromatic carbocycles. The van der Waals surface area contributed by atoms with Crippen LogP contribution in [0.5, 0.6) is 0 Å². The van der Waals surface area contributed by atoms with E-state index in [1.807, 2.05) is 24.8 Å². The third-order valence-corrected chi connectivity index (χ3v) is 6.61. The van der Waals surface area contributed by atoms with Crippen molar-refractivity contribution in [1.82, 2.24) is 15.1 Å². The number of carbonyl (C=O) groups excluding carboxylic acids is 1. The van der Waals surface area contributed by atoms with Gasteiger partial charge in [-0.1, -0.05) is 30.4 Å². The molecule has 188 valence electrons. The fourth-order valence-corrected chi connectivity index (χ4v) is 4.66. The van der Waals surface area contributed by atoms with E-state index in [0.717, 1.165) is 11.3 Å². The predicted molar refractivity (Wildman–Crippen MR) is 132 cm³/mol. The quantitative estimate of drug-likeness (QED) is 0.626. The van der Waals surface area contributed by atoms with Crippen LogP contribution < -0.4 is 5.32 Å². The highest BCUT2D eigenvalue weighted by atomic mass is 19.1. The maximum Gasteiger partial charge on any atom is 0.253 e. The van der Waals surface area contributed by atoms with Crippen LogP contribution in [0.25, 0.3) is 0 Å². The molecule has 0 aromatic heterocycles. The highest BCUT2D eigenvalue weighted by Gasteiger charge is 2.31. The minimum atomic E-state index is -0.345. The van der Waals surface area contributed by atoms with Crippen molar-refractivity contribution in [2.24, 2.45) is 0 Å². The Morgan fingerprint density at radius 3 is 2.77 bits per heavy atom. The summed E-state index contributed by atoms with van der Waals surface area (Å²) < 4.78 is 26.2. The van der Waals surface area contributed by atoms with E-state index >= 15 is 4.39 Å². The van der Waals surface area contributed by atoms with Crippen molar-refractivity contribution >= 4 is 5.91 Å². The SMILES string of the molecule is C=C1C(NC2CCOC3=CC=CCC(F)=C32)=CC(C(=O)N2CCOCC2)=CCN1C(CO)=C(C)C. The number of amides is 1. The lowest BCUT2D eigenvalue weighted by Crippen LogP contribution is -2.41. The lowest BCUT2D eigenvalue weighted by atomic mass is 9.97. The van der Waals surface area contributed by atoms with Gasteiger partial charge in [0.15, 0.2) is 0 Å².